The van der Waals surface area contributed by atoms with Gasteiger partial charge >= 0.3 is 0 Å². The topological polar surface area (TPSA) is 45.0 Å². The summed E-state index contributed by atoms with van der Waals surface area (Å²) in [5, 5.41) is 12.6. The highest BCUT2D eigenvalue weighted by atomic mass is 16.5. The van der Waals surface area contributed by atoms with Gasteiger partial charge in [-0.3, -0.25) is 5.32 Å². The molecule has 17 heavy (non-hydrogen) atoms. The van der Waals surface area contributed by atoms with E-state index in [1.165, 1.54) is 12.8 Å². The number of hydrogen-bond acceptors (Lipinski definition) is 3. The van der Waals surface area contributed by atoms with Crippen LogP contribution < -0.4 is 10.1 Å². The number of para-hydroxylation sites is 1. The molecular formula is C14H18N2O. The zero-order chi connectivity index (χ0) is 12.1. The zero-order valence-electron chi connectivity index (χ0n) is 10.1. The quantitative estimate of drug-likeness (QED) is 0.816. The lowest BCUT2D eigenvalue weighted by molar-refractivity contribution is 0.266. The summed E-state index contributed by atoms with van der Waals surface area (Å²) in [4.78, 5) is 0. The molecule has 1 fully saturated rings. The molecule has 0 aromatic heterocycles. The van der Waals surface area contributed by atoms with Crippen LogP contribution in [0.15, 0.2) is 30.3 Å². The first-order valence-electron chi connectivity index (χ1n) is 6.09. The first-order valence-corrected chi connectivity index (χ1v) is 6.09. The predicted octanol–water partition coefficient (Wildman–Crippen LogP) is 2.49. The smallest absolute Gasteiger partial charge is 0.119 e. The van der Waals surface area contributed by atoms with E-state index in [2.05, 4.69) is 11.4 Å². The molecule has 0 saturated heterocycles. The maximum Gasteiger partial charge on any atom is 0.119 e. The molecule has 1 aliphatic rings. The SMILES string of the molecule is CC(C#N)(CCOc1ccccc1)NC1CC1. The van der Waals surface area contributed by atoms with Crippen LogP contribution in [0.2, 0.25) is 0 Å². The second kappa shape index (κ2) is 5.20. The first kappa shape index (κ1) is 11.9. The van der Waals surface area contributed by atoms with Gasteiger partial charge in [0.05, 0.1) is 12.7 Å². The lowest BCUT2D eigenvalue weighted by Gasteiger charge is -2.23. The molecule has 0 amide bonds. The minimum absolute atomic E-state index is 0.462. The van der Waals surface area contributed by atoms with Gasteiger partial charge in [0.2, 0.25) is 0 Å². The predicted molar refractivity (Wildman–Crippen MR) is 66.7 cm³/mol. The Hall–Kier alpha value is -1.53. The molecule has 1 unspecified atom stereocenters. The molecule has 1 saturated carbocycles. The second-order valence-electron chi connectivity index (χ2n) is 4.77. The summed E-state index contributed by atoms with van der Waals surface area (Å²) in [5.74, 6) is 0.860. The van der Waals surface area contributed by atoms with Crippen molar-refractivity contribution in [2.24, 2.45) is 0 Å². The Morgan fingerprint density at radius 2 is 2.12 bits per heavy atom. The Morgan fingerprint density at radius 3 is 2.71 bits per heavy atom. The van der Waals surface area contributed by atoms with E-state index in [0.717, 1.165) is 5.75 Å². The van der Waals surface area contributed by atoms with Crippen LogP contribution in [0, 0.1) is 11.3 Å². The third kappa shape index (κ3) is 3.76. The Labute approximate surface area is 102 Å². The van der Waals surface area contributed by atoms with E-state index >= 15 is 0 Å². The van der Waals surface area contributed by atoms with Crippen LogP contribution in [0.25, 0.3) is 0 Å². The van der Waals surface area contributed by atoms with Crippen molar-refractivity contribution < 1.29 is 4.74 Å². The number of ether oxygens (including phenoxy) is 1. The van der Waals surface area contributed by atoms with Gasteiger partial charge in [0, 0.05) is 12.5 Å². The highest BCUT2D eigenvalue weighted by Crippen LogP contribution is 2.23. The van der Waals surface area contributed by atoms with Gasteiger partial charge in [0.1, 0.15) is 11.3 Å². The monoisotopic (exact) mass is 230 g/mol. The van der Waals surface area contributed by atoms with Gasteiger partial charge in [-0.05, 0) is 31.9 Å². The van der Waals surface area contributed by atoms with E-state index in [0.29, 0.717) is 19.1 Å². The number of rotatable bonds is 6. The molecule has 1 aliphatic carbocycles. The molecule has 1 aromatic rings. The van der Waals surface area contributed by atoms with Crippen molar-refractivity contribution in [3.05, 3.63) is 30.3 Å². The van der Waals surface area contributed by atoms with E-state index in [-0.39, 0.29) is 0 Å². The largest absolute Gasteiger partial charge is 0.493 e. The Kier molecular flexibility index (Phi) is 3.65. The third-order valence-corrected chi connectivity index (χ3v) is 2.96. The highest BCUT2D eigenvalue weighted by molar-refractivity contribution is 5.21. The van der Waals surface area contributed by atoms with Crippen molar-refractivity contribution >= 4 is 0 Å². The number of nitrogens with zero attached hydrogens (tertiary/aromatic N) is 1. The van der Waals surface area contributed by atoms with Gasteiger partial charge in [0.25, 0.3) is 0 Å². The summed E-state index contributed by atoms with van der Waals surface area (Å²) < 4.78 is 5.61. The number of nitrogens with one attached hydrogen (secondary N) is 1. The molecular weight excluding hydrogens is 212 g/mol. The maximum atomic E-state index is 9.19. The van der Waals surface area contributed by atoms with Gasteiger partial charge in [-0.2, -0.15) is 5.26 Å². The van der Waals surface area contributed by atoms with Gasteiger partial charge in [-0.25, -0.2) is 0 Å². The first-order chi connectivity index (χ1) is 8.22. The van der Waals surface area contributed by atoms with Crippen LogP contribution in [0.4, 0.5) is 0 Å². The van der Waals surface area contributed by atoms with Crippen LogP contribution in [0.3, 0.4) is 0 Å². The van der Waals surface area contributed by atoms with E-state index in [1.54, 1.807) is 0 Å². The van der Waals surface area contributed by atoms with Crippen LogP contribution in [0.1, 0.15) is 26.2 Å². The molecule has 0 aliphatic heterocycles. The normalized spacial score (nSPS) is 18.1. The molecule has 0 spiro atoms. The van der Waals surface area contributed by atoms with E-state index in [9.17, 15) is 5.26 Å². The molecule has 0 heterocycles. The minimum atomic E-state index is -0.462. The molecule has 0 radical (unpaired) electrons. The van der Waals surface area contributed by atoms with Crippen molar-refractivity contribution in [1.29, 1.82) is 5.26 Å². The third-order valence-electron chi connectivity index (χ3n) is 2.96. The Bertz CT molecular complexity index is 394. The number of nitriles is 1. The summed E-state index contributed by atoms with van der Waals surface area (Å²) in [7, 11) is 0. The molecule has 3 heteroatoms. The second-order valence-corrected chi connectivity index (χ2v) is 4.77. The molecule has 1 aromatic carbocycles. The Morgan fingerprint density at radius 1 is 1.41 bits per heavy atom. The summed E-state index contributed by atoms with van der Waals surface area (Å²) in [5.41, 5.74) is -0.462. The molecule has 90 valence electrons. The minimum Gasteiger partial charge on any atom is -0.493 e. The van der Waals surface area contributed by atoms with E-state index in [1.807, 2.05) is 37.3 Å². The van der Waals surface area contributed by atoms with Crippen LogP contribution in [0.5, 0.6) is 5.75 Å². The average molecular weight is 230 g/mol. The molecule has 0 bridgehead atoms. The van der Waals surface area contributed by atoms with Crippen molar-refractivity contribution in [1.82, 2.24) is 5.32 Å². The maximum absolute atomic E-state index is 9.19. The number of hydrogen-bond donors (Lipinski definition) is 1. The lowest BCUT2D eigenvalue weighted by atomic mass is 10.0. The summed E-state index contributed by atoms with van der Waals surface area (Å²) in [6.07, 6.45) is 3.09. The van der Waals surface area contributed by atoms with Crippen LogP contribution in [-0.2, 0) is 0 Å². The Balaban J connectivity index is 1.78. The summed E-state index contributed by atoms with van der Waals surface area (Å²) in [6.45, 7) is 2.51. The fraction of sp³-hybridized carbons (Fsp3) is 0.500. The van der Waals surface area contributed by atoms with Crippen LogP contribution >= 0.6 is 0 Å². The van der Waals surface area contributed by atoms with Crippen molar-refractivity contribution in [3.8, 4) is 11.8 Å². The average Bonchev–Trinajstić information content (AvgIpc) is 3.14. The van der Waals surface area contributed by atoms with Crippen molar-refractivity contribution in [3.63, 3.8) is 0 Å². The zero-order valence-corrected chi connectivity index (χ0v) is 10.1. The van der Waals surface area contributed by atoms with Crippen molar-refractivity contribution in [2.45, 2.75) is 37.8 Å². The van der Waals surface area contributed by atoms with Crippen molar-refractivity contribution in [2.75, 3.05) is 6.61 Å². The number of benzene rings is 1. The van der Waals surface area contributed by atoms with Gasteiger partial charge < -0.3 is 4.74 Å². The fourth-order valence-electron chi connectivity index (χ4n) is 1.73. The molecule has 3 nitrogen and oxygen atoms in total. The molecule has 1 atom stereocenters. The molecule has 1 N–H and O–H groups in total. The highest BCUT2D eigenvalue weighted by Gasteiger charge is 2.32. The van der Waals surface area contributed by atoms with Crippen LogP contribution in [-0.4, -0.2) is 18.2 Å². The van der Waals surface area contributed by atoms with E-state index < -0.39 is 5.54 Å². The summed E-state index contributed by atoms with van der Waals surface area (Å²) in [6, 6.07) is 12.6. The van der Waals surface area contributed by atoms with E-state index in [4.69, 9.17) is 4.74 Å². The lowest BCUT2D eigenvalue weighted by Crippen LogP contribution is -2.43. The summed E-state index contributed by atoms with van der Waals surface area (Å²) >= 11 is 0. The van der Waals surface area contributed by atoms with Gasteiger partial charge in [-0.1, -0.05) is 18.2 Å². The molecule has 2 rings (SSSR count). The fourth-order valence-corrected chi connectivity index (χ4v) is 1.73. The van der Waals surface area contributed by atoms with Gasteiger partial charge in [0.15, 0.2) is 0 Å². The standard InChI is InChI=1S/C14H18N2O/c1-14(11-15,16-12-7-8-12)9-10-17-13-5-3-2-4-6-13/h2-6,12,16H,7-10H2,1H3. The van der Waals surface area contributed by atoms with Gasteiger partial charge in [-0.15, -0.1) is 0 Å².